The number of pyridine rings is 1. The minimum absolute atomic E-state index is 0.0754. The van der Waals surface area contributed by atoms with Gasteiger partial charge in [0.1, 0.15) is 21.0 Å². The quantitative estimate of drug-likeness (QED) is 0.416. The van der Waals surface area contributed by atoms with Crippen molar-refractivity contribution in [3.05, 3.63) is 64.8 Å². The first-order valence-electron chi connectivity index (χ1n) is 12.0. The number of aromatic nitrogens is 1. The van der Waals surface area contributed by atoms with E-state index < -0.39 is 17.0 Å². The first-order chi connectivity index (χ1) is 17.4. The largest absolute Gasteiger partial charge is 0.477 e. The standard InChI is InChI=1S/C26H26ClN3O4S2/c27-23-12-11-19(14-28-23)36(34)29-15-21(17-7-3-1-4-8-17)30(24(31)16-29)20-13-22(35-25(20)26(32)33)18-9-5-2-6-10-18/h2,5-6,9-14,17,21H,1,3-4,7-8,15-16H2,(H,32,33). The highest BCUT2D eigenvalue weighted by atomic mass is 35.5. The van der Waals surface area contributed by atoms with Gasteiger partial charge in [-0.1, -0.05) is 61.2 Å². The average Bonchev–Trinajstić information content (AvgIpc) is 3.35. The lowest BCUT2D eigenvalue weighted by Crippen LogP contribution is -2.59. The Morgan fingerprint density at radius 1 is 1.11 bits per heavy atom. The third-order valence-corrected chi connectivity index (χ3v) is 9.63. The highest BCUT2D eigenvalue weighted by Crippen LogP contribution is 2.41. The van der Waals surface area contributed by atoms with Crippen molar-refractivity contribution in [3.63, 3.8) is 0 Å². The fourth-order valence-corrected chi connectivity index (χ4v) is 7.40. The van der Waals surface area contributed by atoms with E-state index in [1.165, 1.54) is 17.5 Å². The van der Waals surface area contributed by atoms with Gasteiger partial charge in [0.2, 0.25) is 5.91 Å². The molecule has 1 aliphatic heterocycles. The molecule has 0 bridgehead atoms. The predicted octanol–water partition coefficient (Wildman–Crippen LogP) is 5.48. The second-order valence-electron chi connectivity index (χ2n) is 9.11. The zero-order valence-corrected chi connectivity index (χ0v) is 21.9. The number of aromatic carboxylic acids is 1. The van der Waals surface area contributed by atoms with Crippen LogP contribution in [0, 0.1) is 5.92 Å². The molecule has 3 aromatic rings. The summed E-state index contributed by atoms with van der Waals surface area (Å²) in [6.45, 7) is 0.315. The van der Waals surface area contributed by atoms with E-state index in [0.29, 0.717) is 22.3 Å². The highest BCUT2D eigenvalue weighted by molar-refractivity contribution is 7.82. The normalized spacial score (nSPS) is 20.4. The van der Waals surface area contributed by atoms with Gasteiger partial charge in [0, 0.05) is 17.6 Å². The van der Waals surface area contributed by atoms with Crippen LogP contribution in [0.1, 0.15) is 41.8 Å². The first kappa shape index (κ1) is 25.1. The Morgan fingerprint density at radius 3 is 2.53 bits per heavy atom. The molecule has 1 saturated carbocycles. The molecule has 2 fully saturated rings. The Labute approximate surface area is 221 Å². The number of rotatable bonds is 6. The van der Waals surface area contributed by atoms with Gasteiger partial charge in [0.15, 0.2) is 0 Å². The molecule has 1 saturated heterocycles. The Morgan fingerprint density at radius 2 is 1.86 bits per heavy atom. The summed E-state index contributed by atoms with van der Waals surface area (Å²) in [5.74, 6) is -1.09. The lowest BCUT2D eigenvalue weighted by Gasteiger charge is -2.44. The molecule has 1 N–H and O–H groups in total. The van der Waals surface area contributed by atoms with Crippen LogP contribution in [0.3, 0.4) is 0 Å². The van der Waals surface area contributed by atoms with Crippen molar-refractivity contribution in [2.24, 2.45) is 5.92 Å². The van der Waals surface area contributed by atoms with Gasteiger partial charge in [0.05, 0.1) is 23.2 Å². The van der Waals surface area contributed by atoms with Gasteiger partial charge in [0.25, 0.3) is 0 Å². The topological polar surface area (TPSA) is 90.8 Å². The second-order valence-corrected chi connectivity index (χ2v) is 12.0. The Kier molecular flexibility index (Phi) is 7.52. The maximum atomic E-state index is 13.7. The number of carbonyl (C=O) groups is 2. The molecule has 2 aromatic heterocycles. The van der Waals surface area contributed by atoms with E-state index in [4.69, 9.17) is 11.6 Å². The number of thiophene rings is 1. The van der Waals surface area contributed by atoms with E-state index in [1.54, 1.807) is 21.3 Å². The SMILES string of the molecule is O=C(O)c1sc(-c2ccccc2)cc1N1C(=O)CN(S(=O)c2ccc(Cl)nc2)CC1C1CCCCC1. The van der Waals surface area contributed by atoms with Crippen LogP contribution < -0.4 is 4.90 Å². The van der Waals surface area contributed by atoms with Gasteiger partial charge in [-0.2, -0.15) is 0 Å². The van der Waals surface area contributed by atoms with Crippen molar-refractivity contribution in [1.82, 2.24) is 9.29 Å². The summed E-state index contributed by atoms with van der Waals surface area (Å²) < 4.78 is 15.1. The summed E-state index contributed by atoms with van der Waals surface area (Å²) >= 11 is 7.07. The van der Waals surface area contributed by atoms with E-state index in [9.17, 15) is 18.9 Å². The third kappa shape index (κ3) is 5.11. The number of hydrogen-bond acceptors (Lipinski definition) is 5. The van der Waals surface area contributed by atoms with Crippen molar-refractivity contribution in [2.75, 3.05) is 18.0 Å². The fraction of sp³-hybridized carbons (Fsp3) is 0.346. The lowest BCUT2D eigenvalue weighted by molar-refractivity contribution is -0.121. The fourth-order valence-electron chi connectivity index (χ4n) is 5.16. The van der Waals surface area contributed by atoms with Crippen LogP contribution in [0.4, 0.5) is 5.69 Å². The highest BCUT2D eigenvalue weighted by Gasteiger charge is 2.42. The summed E-state index contributed by atoms with van der Waals surface area (Å²) in [6, 6.07) is 14.4. The van der Waals surface area contributed by atoms with Crippen LogP contribution in [0.5, 0.6) is 0 Å². The number of carboxylic acids is 1. The number of hydrogen-bond donors (Lipinski definition) is 1. The molecular weight excluding hydrogens is 518 g/mol. The van der Waals surface area contributed by atoms with Crippen LogP contribution in [-0.2, 0) is 15.8 Å². The van der Waals surface area contributed by atoms with E-state index in [1.807, 2.05) is 36.4 Å². The molecule has 0 spiro atoms. The monoisotopic (exact) mass is 543 g/mol. The minimum Gasteiger partial charge on any atom is -0.477 e. The van der Waals surface area contributed by atoms with Crippen LogP contribution in [-0.4, -0.2) is 49.6 Å². The summed E-state index contributed by atoms with van der Waals surface area (Å²) in [5.41, 5.74) is 1.35. The predicted molar refractivity (Wildman–Crippen MR) is 142 cm³/mol. The number of halogens is 1. The molecule has 1 amide bonds. The average molecular weight is 544 g/mol. The van der Waals surface area contributed by atoms with Gasteiger partial charge in [-0.05, 0) is 42.5 Å². The number of carbonyl (C=O) groups excluding carboxylic acids is 1. The number of carboxylic acid groups (broad SMARTS) is 1. The Bertz CT molecular complexity index is 1280. The molecule has 2 unspecified atom stereocenters. The Hall–Kier alpha value is -2.59. The molecule has 10 heteroatoms. The molecule has 3 heterocycles. The molecule has 0 radical (unpaired) electrons. The molecule has 7 nitrogen and oxygen atoms in total. The van der Waals surface area contributed by atoms with Gasteiger partial charge in [-0.3, -0.25) is 4.79 Å². The summed E-state index contributed by atoms with van der Waals surface area (Å²) in [7, 11) is -1.58. The summed E-state index contributed by atoms with van der Waals surface area (Å²) in [4.78, 5) is 33.1. The van der Waals surface area contributed by atoms with Crippen molar-refractivity contribution < 1.29 is 18.9 Å². The summed E-state index contributed by atoms with van der Waals surface area (Å²) in [6.07, 6.45) is 6.67. The van der Waals surface area contributed by atoms with E-state index in [-0.39, 0.29) is 29.3 Å². The van der Waals surface area contributed by atoms with Crippen LogP contribution in [0.15, 0.2) is 59.6 Å². The van der Waals surface area contributed by atoms with Gasteiger partial charge in [-0.15, -0.1) is 11.3 Å². The molecule has 1 aliphatic carbocycles. The van der Waals surface area contributed by atoms with E-state index >= 15 is 0 Å². The van der Waals surface area contributed by atoms with Crippen LogP contribution in [0.2, 0.25) is 5.15 Å². The van der Waals surface area contributed by atoms with Crippen LogP contribution in [0.25, 0.3) is 10.4 Å². The van der Waals surface area contributed by atoms with E-state index in [0.717, 1.165) is 42.5 Å². The van der Waals surface area contributed by atoms with Crippen molar-refractivity contribution in [1.29, 1.82) is 0 Å². The molecular formula is C26H26ClN3O4S2. The minimum atomic E-state index is -1.58. The smallest absolute Gasteiger partial charge is 0.348 e. The zero-order valence-electron chi connectivity index (χ0n) is 19.5. The van der Waals surface area contributed by atoms with E-state index in [2.05, 4.69) is 4.98 Å². The molecule has 1 aromatic carbocycles. The number of benzene rings is 1. The molecule has 2 atom stereocenters. The van der Waals surface area contributed by atoms with Crippen molar-refractivity contribution in [2.45, 2.75) is 43.0 Å². The number of anilines is 1. The number of piperazine rings is 1. The van der Waals surface area contributed by atoms with Gasteiger partial charge < -0.3 is 10.0 Å². The van der Waals surface area contributed by atoms with Crippen LogP contribution >= 0.6 is 22.9 Å². The van der Waals surface area contributed by atoms with Crippen molar-refractivity contribution >= 4 is 51.5 Å². The summed E-state index contributed by atoms with van der Waals surface area (Å²) in [5, 5.41) is 10.4. The zero-order chi connectivity index (χ0) is 25.2. The maximum Gasteiger partial charge on any atom is 0.348 e. The molecule has 36 heavy (non-hydrogen) atoms. The van der Waals surface area contributed by atoms with Gasteiger partial charge >= 0.3 is 5.97 Å². The maximum absolute atomic E-state index is 13.7. The third-order valence-electron chi connectivity index (χ3n) is 6.86. The second kappa shape index (κ2) is 10.8. The molecule has 188 valence electrons. The lowest BCUT2D eigenvalue weighted by atomic mass is 9.82. The van der Waals surface area contributed by atoms with Crippen molar-refractivity contribution in [3.8, 4) is 10.4 Å². The first-order valence-corrected chi connectivity index (χ1v) is 14.3. The number of amides is 1. The van der Waals surface area contributed by atoms with Gasteiger partial charge in [-0.25, -0.2) is 18.3 Å². The molecule has 5 rings (SSSR count). The number of nitrogens with zero attached hydrogens (tertiary/aromatic N) is 3. The molecule has 2 aliphatic rings. The Balaban J connectivity index is 1.52.